The Bertz CT molecular complexity index is 888. The third kappa shape index (κ3) is 4.55. The van der Waals surface area contributed by atoms with E-state index in [4.69, 9.17) is 39.5 Å². The normalized spacial score (nSPS) is 14.6. The minimum Gasteiger partial charge on any atom is -0.487 e. The van der Waals surface area contributed by atoms with E-state index in [1.165, 1.54) is 6.33 Å². The van der Waals surface area contributed by atoms with Crippen molar-refractivity contribution in [3.63, 3.8) is 0 Å². The van der Waals surface area contributed by atoms with E-state index in [1.54, 1.807) is 42.5 Å². The average molecular weight is 427 g/mol. The SMILES string of the molecule is CCC(Oc1ccc(Cl)cc1)C(O)(Cc1ncn[nH]1)c1ccc(Cl)cc1Cl. The van der Waals surface area contributed by atoms with Crippen molar-refractivity contribution in [1.29, 1.82) is 0 Å². The van der Waals surface area contributed by atoms with Crippen molar-refractivity contribution >= 4 is 34.8 Å². The largest absolute Gasteiger partial charge is 0.487 e. The summed E-state index contributed by atoms with van der Waals surface area (Å²) >= 11 is 18.4. The summed E-state index contributed by atoms with van der Waals surface area (Å²) in [6.45, 7) is 1.93. The van der Waals surface area contributed by atoms with Crippen LogP contribution in [0.15, 0.2) is 48.8 Å². The van der Waals surface area contributed by atoms with Crippen molar-refractivity contribution in [2.24, 2.45) is 0 Å². The molecule has 3 aromatic rings. The Balaban J connectivity index is 2.02. The van der Waals surface area contributed by atoms with Crippen LogP contribution in [-0.4, -0.2) is 26.4 Å². The van der Waals surface area contributed by atoms with Gasteiger partial charge in [0.25, 0.3) is 0 Å². The highest BCUT2D eigenvalue weighted by Gasteiger charge is 2.42. The lowest BCUT2D eigenvalue weighted by molar-refractivity contribution is -0.0699. The zero-order chi connectivity index (χ0) is 19.4. The van der Waals surface area contributed by atoms with Crippen LogP contribution >= 0.6 is 34.8 Å². The molecular weight excluding hydrogens is 409 g/mol. The summed E-state index contributed by atoms with van der Waals surface area (Å²) in [4.78, 5) is 4.14. The summed E-state index contributed by atoms with van der Waals surface area (Å²) in [5, 5.41) is 19.8. The highest BCUT2D eigenvalue weighted by molar-refractivity contribution is 6.35. The van der Waals surface area contributed by atoms with Gasteiger partial charge in [-0.05, 0) is 42.8 Å². The van der Waals surface area contributed by atoms with Crippen LogP contribution in [-0.2, 0) is 12.0 Å². The second kappa shape index (κ2) is 8.48. The van der Waals surface area contributed by atoms with Crippen LogP contribution in [0.3, 0.4) is 0 Å². The Hall–Kier alpha value is -1.79. The molecule has 2 aromatic carbocycles. The molecular formula is C19H18Cl3N3O2. The molecule has 0 aliphatic heterocycles. The van der Waals surface area contributed by atoms with Crippen LogP contribution in [0.1, 0.15) is 24.7 Å². The first-order chi connectivity index (χ1) is 12.9. The van der Waals surface area contributed by atoms with Gasteiger partial charge in [0.1, 0.15) is 29.6 Å². The Morgan fingerprint density at radius 3 is 2.41 bits per heavy atom. The van der Waals surface area contributed by atoms with Crippen LogP contribution in [0, 0.1) is 0 Å². The van der Waals surface area contributed by atoms with Crippen molar-refractivity contribution in [2.45, 2.75) is 31.5 Å². The third-order valence-corrected chi connectivity index (χ3v) is 5.09. The highest BCUT2D eigenvalue weighted by atomic mass is 35.5. The van der Waals surface area contributed by atoms with Crippen molar-refractivity contribution in [1.82, 2.24) is 15.2 Å². The molecule has 2 atom stereocenters. The van der Waals surface area contributed by atoms with Gasteiger partial charge in [0.15, 0.2) is 0 Å². The van der Waals surface area contributed by atoms with Crippen LogP contribution in [0.25, 0.3) is 0 Å². The highest BCUT2D eigenvalue weighted by Crippen LogP contribution is 2.38. The quantitative estimate of drug-likeness (QED) is 0.554. The fourth-order valence-corrected chi connectivity index (χ4v) is 3.69. The standard InChI is InChI=1S/C19H18Cl3N3O2/c1-2-17(27-14-6-3-12(20)4-7-14)19(26,10-18-23-11-24-25-18)15-8-5-13(21)9-16(15)22/h3-9,11,17,26H,2,10H2,1H3,(H,23,24,25). The number of benzene rings is 2. The minimum absolute atomic E-state index is 0.139. The maximum absolute atomic E-state index is 11.7. The molecule has 0 aliphatic rings. The van der Waals surface area contributed by atoms with Gasteiger partial charge in [-0.15, -0.1) is 0 Å². The molecule has 0 radical (unpaired) electrons. The number of halogens is 3. The molecule has 0 bridgehead atoms. The van der Waals surface area contributed by atoms with Gasteiger partial charge in [-0.3, -0.25) is 5.10 Å². The molecule has 0 aliphatic carbocycles. The monoisotopic (exact) mass is 425 g/mol. The van der Waals surface area contributed by atoms with Gasteiger partial charge in [-0.2, -0.15) is 5.10 Å². The molecule has 0 spiro atoms. The van der Waals surface area contributed by atoms with Crippen LogP contribution < -0.4 is 4.74 Å². The predicted octanol–water partition coefficient (Wildman–Crippen LogP) is 5.05. The van der Waals surface area contributed by atoms with E-state index in [-0.39, 0.29) is 6.42 Å². The average Bonchev–Trinajstić information content (AvgIpc) is 3.13. The number of rotatable bonds is 7. The van der Waals surface area contributed by atoms with Gasteiger partial charge in [-0.25, -0.2) is 4.98 Å². The molecule has 2 unspecified atom stereocenters. The number of aromatic nitrogens is 3. The molecule has 2 N–H and O–H groups in total. The number of aliphatic hydroxyl groups is 1. The van der Waals surface area contributed by atoms with Gasteiger partial charge in [-0.1, -0.05) is 47.8 Å². The lowest BCUT2D eigenvalue weighted by atomic mass is 9.83. The summed E-state index contributed by atoms with van der Waals surface area (Å²) < 4.78 is 6.11. The van der Waals surface area contributed by atoms with E-state index in [9.17, 15) is 5.11 Å². The van der Waals surface area contributed by atoms with Gasteiger partial charge >= 0.3 is 0 Å². The summed E-state index contributed by atoms with van der Waals surface area (Å²) in [5.41, 5.74) is -0.957. The number of H-pyrrole nitrogens is 1. The number of hydrogen-bond donors (Lipinski definition) is 2. The van der Waals surface area contributed by atoms with Gasteiger partial charge in [0, 0.05) is 27.1 Å². The molecule has 3 rings (SSSR count). The molecule has 0 saturated carbocycles. The first kappa shape index (κ1) is 20.0. The maximum Gasteiger partial charge on any atom is 0.137 e. The summed E-state index contributed by atoms with van der Waals surface area (Å²) in [6.07, 6.45) is 1.44. The molecule has 0 fully saturated rings. The Morgan fingerprint density at radius 2 is 1.81 bits per heavy atom. The van der Waals surface area contributed by atoms with Gasteiger partial charge in [0.05, 0.1) is 0 Å². The number of nitrogens with one attached hydrogen (secondary N) is 1. The smallest absolute Gasteiger partial charge is 0.137 e. The second-order valence-electron chi connectivity index (χ2n) is 6.13. The summed E-state index contributed by atoms with van der Waals surface area (Å²) in [6, 6.07) is 12.0. The number of aromatic amines is 1. The number of hydrogen-bond acceptors (Lipinski definition) is 4. The molecule has 1 aromatic heterocycles. The predicted molar refractivity (Wildman–Crippen MR) is 107 cm³/mol. The Morgan fingerprint density at radius 1 is 1.11 bits per heavy atom. The molecule has 142 valence electrons. The van der Waals surface area contributed by atoms with Crippen molar-refractivity contribution in [2.75, 3.05) is 0 Å². The fraction of sp³-hybridized carbons (Fsp3) is 0.263. The van der Waals surface area contributed by atoms with Gasteiger partial charge < -0.3 is 9.84 Å². The fourth-order valence-electron chi connectivity index (χ4n) is 2.99. The molecule has 5 nitrogen and oxygen atoms in total. The second-order valence-corrected chi connectivity index (χ2v) is 7.41. The third-order valence-electron chi connectivity index (χ3n) is 4.29. The van der Waals surface area contributed by atoms with Crippen LogP contribution in [0.5, 0.6) is 5.75 Å². The first-order valence-corrected chi connectivity index (χ1v) is 9.50. The van der Waals surface area contributed by atoms with Crippen molar-refractivity contribution < 1.29 is 9.84 Å². The zero-order valence-corrected chi connectivity index (χ0v) is 16.8. The van der Waals surface area contributed by atoms with Crippen LogP contribution in [0.4, 0.5) is 0 Å². The molecule has 8 heteroatoms. The lowest BCUT2D eigenvalue weighted by Crippen LogP contribution is -2.45. The number of ether oxygens (including phenoxy) is 1. The van der Waals surface area contributed by atoms with Crippen LogP contribution in [0.2, 0.25) is 15.1 Å². The summed E-state index contributed by atoms with van der Waals surface area (Å²) in [5.74, 6) is 1.11. The van der Waals surface area contributed by atoms with Gasteiger partial charge in [0.2, 0.25) is 0 Å². The molecule has 27 heavy (non-hydrogen) atoms. The van der Waals surface area contributed by atoms with Crippen molar-refractivity contribution in [3.05, 3.63) is 75.2 Å². The van der Waals surface area contributed by atoms with E-state index in [1.807, 2.05) is 6.92 Å². The first-order valence-electron chi connectivity index (χ1n) is 8.36. The summed E-state index contributed by atoms with van der Waals surface area (Å²) in [7, 11) is 0. The van der Waals surface area contributed by atoms with E-state index in [0.717, 1.165) is 0 Å². The topological polar surface area (TPSA) is 71.0 Å². The molecule has 0 saturated heterocycles. The molecule has 0 amide bonds. The van der Waals surface area contributed by atoms with E-state index in [0.29, 0.717) is 38.6 Å². The minimum atomic E-state index is -1.46. The Kier molecular flexibility index (Phi) is 6.27. The van der Waals surface area contributed by atoms with E-state index < -0.39 is 11.7 Å². The van der Waals surface area contributed by atoms with Crippen molar-refractivity contribution in [3.8, 4) is 5.75 Å². The Labute approximate surface area is 172 Å². The maximum atomic E-state index is 11.7. The zero-order valence-electron chi connectivity index (χ0n) is 14.5. The number of nitrogens with zero attached hydrogens (tertiary/aromatic N) is 2. The lowest BCUT2D eigenvalue weighted by Gasteiger charge is -2.36. The van der Waals surface area contributed by atoms with E-state index in [2.05, 4.69) is 15.2 Å². The van der Waals surface area contributed by atoms with E-state index >= 15 is 0 Å². The molecule has 1 heterocycles.